The number of nitrogens with zero attached hydrogens (tertiary/aromatic N) is 1. The molecule has 100 valence electrons. The molecule has 0 radical (unpaired) electrons. The van der Waals surface area contributed by atoms with Crippen molar-refractivity contribution in [3.8, 4) is 0 Å². The first-order valence-electron chi connectivity index (χ1n) is 6.75. The van der Waals surface area contributed by atoms with Crippen molar-refractivity contribution in [3.63, 3.8) is 0 Å². The van der Waals surface area contributed by atoms with Crippen LogP contribution in [-0.2, 0) is 0 Å². The predicted molar refractivity (Wildman–Crippen MR) is 72.2 cm³/mol. The molecular weight excluding hydrogens is 229 g/mol. The molecule has 2 unspecified atom stereocenters. The molecule has 1 aliphatic rings. The second-order valence-electron chi connectivity index (χ2n) is 5.53. The van der Waals surface area contributed by atoms with Gasteiger partial charge in [0.1, 0.15) is 5.82 Å². The summed E-state index contributed by atoms with van der Waals surface area (Å²) in [6.45, 7) is 7.12. The largest absolute Gasteiger partial charge is 0.389 e. The van der Waals surface area contributed by atoms with E-state index in [0.29, 0.717) is 17.5 Å². The van der Waals surface area contributed by atoms with Crippen LogP contribution < -0.4 is 4.90 Å². The van der Waals surface area contributed by atoms with Gasteiger partial charge in [0.05, 0.1) is 6.10 Å². The molecule has 0 aromatic heterocycles. The molecule has 0 aliphatic carbocycles. The van der Waals surface area contributed by atoms with Crippen LogP contribution in [0.3, 0.4) is 0 Å². The molecule has 2 rings (SSSR count). The van der Waals surface area contributed by atoms with Gasteiger partial charge >= 0.3 is 0 Å². The zero-order valence-electron chi connectivity index (χ0n) is 11.4. The molecule has 1 saturated heterocycles. The van der Waals surface area contributed by atoms with Crippen molar-refractivity contribution in [2.45, 2.75) is 45.8 Å². The maximum absolute atomic E-state index is 13.3. The molecule has 2 nitrogen and oxygen atoms in total. The van der Waals surface area contributed by atoms with Crippen LogP contribution in [0.4, 0.5) is 10.1 Å². The van der Waals surface area contributed by atoms with Crippen molar-refractivity contribution >= 4 is 5.69 Å². The Balaban J connectivity index is 2.38. The normalized spacial score (nSPS) is 21.7. The fourth-order valence-corrected chi connectivity index (χ4v) is 2.91. The Hall–Kier alpha value is -1.09. The van der Waals surface area contributed by atoms with E-state index >= 15 is 0 Å². The average Bonchev–Trinajstić information content (AvgIpc) is 2.77. The van der Waals surface area contributed by atoms with E-state index in [-0.39, 0.29) is 5.82 Å². The summed E-state index contributed by atoms with van der Waals surface area (Å²) in [6, 6.07) is 5.23. The maximum atomic E-state index is 13.3. The van der Waals surface area contributed by atoms with Crippen molar-refractivity contribution in [3.05, 3.63) is 29.6 Å². The van der Waals surface area contributed by atoms with Gasteiger partial charge < -0.3 is 10.0 Å². The zero-order valence-corrected chi connectivity index (χ0v) is 11.4. The summed E-state index contributed by atoms with van der Waals surface area (Å²) in [6.07, 6.45) is 1.71. The van der Waals surface area contributed by atoms with Gasteiger partial charge in [-0.1, -0.05) is 13.8 Å². The van der Waals surface area contributed by atoms with Crippen LogP contribution in [-0.4, -0.2) is 17.7 Å². The van der Waals surface area contributed by atoms with Crippen LogP contribution in [0.2, 0.25) is 0 Å². The van der Waals surface area contributed by atoms with Crippen LogP contribution >= 0.6 is 0 Å². The van der Waals surface area contributed by atoms with Crippen molar-refractivity contribution in [2.75, 3.05) is 11.4 Å². The Morgan fingerprint density at radius 1 is 1.33 bits per heavy atom. The predicted octanol–water partition coefficient (Wildman–Crippen LogP) is 3.50. The smallest absolute Gasteiger partial charge is 0.123 e. The third kappa shape index (κ3) is 2.51. The van der Waals surface area contributed by atoms with Gasteiger partial charge in [-0.2, -0.15) is 0 Å². The minimum Gasteiger partial charge on any atom is -0.389 e. The van der Waals surface area contributed by atoms with Crippen LogP contribution in [0.1, 0.15) is 45.3 Å². The van der Waals surface area contributed by atoms with Crippen LogP contribution in [0, 0.1) is 11.7 Å². The highest BCUT2D eigenvalue weighted by Crippen LogP contribution is 2.34. The van der Waals surface area contributed by atoms with Crippen molar-refractivity contribution in [2.24, 2.45) is 5.92 Å². The van der Waals surface area contributed by atoms with Gasteiger partial charge in [-0.05, 0) is 43.9 Å². The quantitative estimate of drug-likeness (QED) is 0.888. The minimum atomic E-state index is -0.635. The van der Waals surface area contributed by atoms with E-state index in [4.69, 9.17) is 0 Å². The summed E-state index contributed by atoms with van der Waals surface area (Å²) in [5, 5.41) is 9.82. The molecule has 1 fully saturated rings. The van der Waals surface area contributed by atoms with Gasteiger partial charge in [-0.3, -0.25) is 0 Å². The third-order valence-corrected chi connectivity index (χ3v) is 3.82. The number of benzene rings is 1. The highest BCUT2D eigenvalue weighted by Gasteiger charge is 2.29. The van der Waals surface area contributed by atoms with Gasteiger partial charge in [0.2, 0.25) is 0 Å². The van der Waals surface area contributed by atoms with E-state index in [0.717, 1.165) is 12.2 Å². The molecule has 0 bridgehead atoms. The van der Waals surface area contributed by atoms with Gasteiger partial charge in [-0.15, -0.1) is 0 Å². The number of rotatable bonds is 3. The Bertz CT molecular complexity index is 417. The van der Waals surface area contributed by atoms with E-state index in [2.05, 4.69) is 18.7 Å². The number of anilines is 1. The number of halogens is 1. The molecule has 1 aliphatic heterocycles. The average molecular weight is 251 g/mol. The second kappa shape index (κ2) is 5.27. The van der Waals surface area contributed by atoms with Gasteiger partial charge in [-0.25, -0.2) is 4.39 Å². The molecule has 0 saturated carbocycles. The van der Waals surface area contributed by atoms with Gasteiger partial charge in [0.15, 0.2) is 0 Å². The molecule has 1 heterocycles. The lowest BCUT2D eigenvalue weighted by Crippen LogP contribution is -2.34. The lowest BCUT2D eigenvalue weighted by molar-refractivity contribution is 0.199. The summed E-state index contributed by atoms with van der Waals surface area (Å²) in [5.41, 5.74) is 1.69. The minimum absolute atomic E-state index is 0.282. The summed E-state index contributed by atoms with van der Waals surface area (Å²) >= 11 is 0. The molecular formula is C15H22FNO. The lowest BCUT2D eigenvalue weighted by Gasteiger charge is -2.32. The van der Waals surface area contributed by atoms with E-state index in [9.17, 15) is 9.50 Å². The van der Waals surface area contributed by atoms with Gasteiger partial charge in [0.25, 0.3) is 0 Å². The summed E-state index contributed by atoms with van der Waals surface area (Å²) in [5.74, 6) is 0.286. The zero-order chi connectivity index (χ0) is 13.3. The maximum Gasteiger partial charge on any atom is 0.123 e. The summed E-state index contributed by atoms with van der Waals surface area (Å²) in [4.78, 5) is 2.33. The lowest BCUT2D eigenvalue weighted by atomic mass is 10.00. The molecule has 3 heteroatoms. The topological polar surface area (TPSA) is 23.5 Å². The molecule has 0 amide bonds. The fraction of sp³-hybridized carbons (Fsp3) is 0.600. The van der Waals surface area contributed by atoms with Crippen LogP contribution in [0.15, 0.2) is 18.2 Å². The van der Waals surface area contributed by atoms with Gasteiger partial charge in [0, 0.05) is 23.8 Å². The van der Waals surface area contributed by atoms with E-state index in [1.807, 2.05) is 0 Å². The summed E-state index contributed by atoms with van der Waals surface area (Å²) in [7, 11) is 0. The van der Waals surface area contributed by atoms with E-state index < -0.39 is 6.10 Å². The van der Waals surface area contributed by atoms with Crippen LogP contribution in [0.25, 0.3) is 0 Å². The first-order valence-corrected chi connectivity index (χ1v) is 6.75. The third-order valence-electron chi connectivity index (χ3n) is 3.82. The Labute approximate surface area is 108 Å². The van der Waals surface area contributed by atoms with Crippen molar-refractivity contribution in [1.29, 1.82) is 0 Å². The Kier molecular flexibility index (Phi) is 3.91. The standard InChI is InChI=1S/C15H22FNO/c1-10(2)14-5-4-8-17(14)15-7-6-12(16)9-13(15)11(3)18/h6-7,9-11,14,18H,4-5,8H2,1-3H3. The van der Waals surface area contributed by atoms with Crippen molar-refractivity contribution in [1.82, 2.24) is 0 Å². The van der Waals surface area contributed by atoms with Crippen molar-refractivity contribution < 1.29 is 9.50 Å². The first kappa shape index (κ1) is 13.3. The molecule has 1 N–H and O–H groups in total. The van der Waals surface area contributed by atoms with Crippen LogP contribution in [0.5, 0.6) is 0 Å². The van der Waals surface area contributed by atoms with E-state index in [1.165, 1.54) is 25.0 Å². The summed E-state index contributed by atoms with van der Waals surface area (Å²) < 4.78 is 13.3. The number of hydrogen-bond acceptors (Lipinski definition) is 2. The highest BCUT2D eigenvalue weighted by molar-refractivity contribution is 5.56. The first-order chi connectivity index (χ1) is 8.50. The number of hydrogen-bond donors (Lipinski definition) is 1. The highest BCUT2D eigenvalue weighted by atomic mass is 19.1. The molecule has 18 heavy (non-hydrogen) atoms. The number of aliphatic hydroxyl groups excluding tert-OH is 1. The molecule has 2 atom stereocenters. The number of aliphatic hydroxyl groups is 1. The van der Waals surface area contributed by atoms with E-state index in [1.54, 1.807) is 13.0 Å². The Morgan fingerprint density at radius 3 is 2.67 bits per heavy atom. The Morgan fingerprint density at radius 2 is 2.06 bits per heavy atom. The second-order valence-corrected chi connectivity index (χ2v) is 5.53. The molecule has 0 spiro atoms. The molecule has 1 aromatic rings. The fourth-order valence-electron chi connectivity index (χ4n) is 2.91. The SMILES string of the molecule is CC(O)c1cc(F)ccc1N1CCCC1C(C)C. The molecule has 1 aromatic carbocycles. The monoisotopic (exact) mass is 251 g/mol.